The summed E-state index contributed by atoms with van der Waals surface area (Å²) in [6.45, 7) is 7.44. The second-order valence-electron chi connectivity index (χ2n) is 8.46. The number of para-hydroxylation sites is 1. The summed E-state index contributed by atoms with van der Waals surface area (Å²) in [4.78, 5) is 1.42. The second-order valence-corrected chi connectivity index (χ2v) is 19.8. The van der Waals surface area contributed by atoms with Crippen LogP contribution in [0.2, 0.25) is 30.3 Å². The van der Waals surface area contributed by atoms with Crippen molar-refractivity contribution in [3.8, 4) is 0 Å². The molecule has 3 aromatic carbocycles. The van der Waals surface area contributed by atoms with E-state index in [1.165, 1.54) is 26.5 Å². The van der Waals surface area contributed by atoms with Gasteiger partial charge in [0.05, 0.1) is 5.69 Å². The largest absolute Gasteiger partial charge is 0.473 e. The van der Waals surface area contributed by atoms with E-state index in [1.807, 2.05) is 0 Å². The Morgan fingerprint density at radius 2 is 1.22 bits per heavy atom. The summed E-state index contributed by atoms with van der Waals surface area (Å²) in [5.41, 5.74) is 1.36. The van der Waals surface area contributed by atoms with E-state index in [9.17, 15) is 0 Å². The predicted molar refractivity (Wildman–Crippen MR) is 130 cm³/mol. The molecule has 0 saturated carbocycles. The molecule has 0 amide bonds. The zero-order valence-corrected chi connectivity index (χ0v) is 20.0. The van der Waals surface area contributed by atoms with Crippen LogP contribution in [-0.2, 0) is 0 Å². The van der Waals surface area contributed by atoms with Gasteiger partial charge < -0.3 is 4.30 Å². The van der Waals surface area contributed by atoms with Crippen molar-refractivity contribution in [3.05, 3.63) is 84.9 Å². The van der Waals surface area contributed by atoms with Crippen LogP contribution in [0, 0.1) is 0 Å². The average molecular weight is 407 g/mol. The lowest BCUT2D eigenvalue weighted by atomic mass is 10.3. The van der Waals surface area contributed by atoms with Crippen molar-refractivity contribution in [3.63, 3.8) is 0 Å². The minimum atomic E-state index is -1.04. The molecular weight excluding hydrogens is 376 g/mol. The molecule has 0 bridgehead atoms. The lowest BCUT2D eigenvalue weighted by molar-refractivity contribution is 1.56. The zero-order chi connectivity index (χ0) is 19.3. The number of nitrogens with one attached hydrogen (secondary N) is 1. The summed E-state index contributed by atoms with van der Waals surface area (Å²) in [6, 6.07) is 31.1. The van der Waals surface area contributed by atoms with Gasteiger partial charge in [0, 0.05) is 8.07 Å². The van der Waals surface area contributed by atoms with Crippen molar-refractivity contribution >= 4 is 52.0 Å². The van der Waals surface area contributed by atoms with Gasteiger partial charge in [-0.3, -0.25) is 0 Å². The topological polar surface area (TPSA) is 12.0 Å². The summed E-state index contributed by atoms with van der Waals surface area (Å²) in [6.07, 6.45) is 0. The Hall–Kier alpha value is -1.36. The molecule has 0 fully saturated rings. The van der Waals surface area contributed by atoms with Gasteiger partial charge in [0.25, 0.3) is 0 Å². The van der Waals surface area contributed by atoms with E-state index in [1.54, 1.807) is 0 Å². The highest BCUT2D eigenvalue weighted by Crippen LogP contribution is 2.35. The van der Waals surface area contributed by atoms with E-state index in [4.69, 9.17) is 0 Å². The lowest BCUT2D eigenvalue weighted by Crippen LogP contribution is -2.35. The molecule has 4 heteroatoms. The van der Waals surface area contributed by atoms with Crippen LogP contribution in [-0.4, -0.2) is 22.4 Å². The van der Waals surface area contributed by atoms with Crippen molar-refractivity contribution in [2.45, 2.75) is 30.3 Å². The van der Waals surface area contributed by atoms with Crippen LogP contribution in [0.5, 0.6) is 0 Å². The fraction of sp³-hybridized carbons (Fsp3) is 0.217. The van der Waals surface area contributed by atoms with E-state index in [-0.39, 0.29) is 0 Å². The molecule has 0 spiro atoms. The zero-order valence-electron chi connectivity index (χ0n) is 16.9. The van der Waals surface area contributed by atoms with Crippen LogP contribution in [0.3, 0.4) is 0 Å². The number of anilines is 1. The minimum absolute atomic E-state index is 0.983. The molecule has 0 radical (unpaired) electrons. The minimum Gasteiger partial charge on any atom is -0.473 e. The first-order valence-electron chi connectivity index (χ1n) is 9.78. The SMILES string of the molecule is [CH3][Al]([CH2][Si](C)(C)C)[NH]c1ccccc1[PH+](c1ccccc1)c1ccccc1. The van der Waals surface area contributed by atoms with Gasteiger partial charge in [0.15, 0.2) is 0 Å². The van der Waals surface area contributed by atoms with E-state index >= 15 is 0 Å². The molecule has 3 aromatic rings. The molecule has 0 heterocycles. The molecule has 0 unspecified atom stereocenters. The first-order valence-corrected chi connectivity index (χ1v) is 17.5. The lowest BCUT2D eigenvalue weighted by Gasteiger charge is -2.21. The maximum atomic E-state index is 3.99. The highest BCUT2D eigenvalue weighted by molar-refractivity contribution is 7.80. The quantitative estimate of drug-likeness (QED) is 0.426. The number of rotatable bonds is 7. The number of benzene rings is 3. The van der Waals surface area contributed by atoms with Crippen LogP contribution in [0.25, 0.3) is 0 Å². The molecule has 0 saturated heterocycles. The van der Waals surface area contributed by atoms with Crippen molar-refractivity contribution in [1.82, 2.24) is 0 Å². The molecule has 0 aliphatic heterocycles. The Kier molecular flexibility index (Phi) is 6.96. The van der Waals surface area contributed by atoms with Crippen LogP contribution >= 0.6 is 7.92 Å². The molecule has 27 heavy (non-hydrogen) atoms. The normalized spacial score (nSPS) is 11.4. The summed E-state index contributed by atoms with van der Waals surface area (Å²) in [5.74, 6) is 2.46. The van der Waals surface area contributed by atoms with Crippen LogP contribution < -0.4 is 20.2 Å². The van der Waals surface area contributed by atoms with Gasteiger partial charge in [-0.15, -0.1) is 0 Å². The van der Waals surface area contributed by atoms with Crippen molar-refractivity contribution in [1.29, 1.82) is 0 Å². The van der Waals surface area contributed by atoms with E-state index in [2.05, 4.69) is 115 Å². The summed E-state index contributed by atoms with van der Waals surface area (Å²) >= 11 is -0.983. The van der Waals surface area contributed by atoms with Gasteiger partial charge in [-0.2, -0.15) is 0 Å². The molecule has 0 atom stereocenters. The maximum absolute atomic E-state index is 3.99. The van der Waals surface area contributed by atoms with Gasteiger partial charge in [-0.05, 0) is 36.4 Å². The van der Waals surface area contributed by atoms with E-state index in [0.717, 1.165) is 0 Å². The van der Waals surface area contributed by atoms with E-state index < -0.39 is 30.4 Å². The average Bonchev–Trinajstić information content (AvgIpc) is 2.64. The fourth-order valence-corrected chi connectivity index (χ4v) is 15.1. The third kappa shape index (κ3) is 5.81. The Labute approximate surface area is 171 Å². The smallest absolute Gasteiger partial charge is 0.405 e. The highest BCUT2D eigenvalue weighted by atomic mass is 31.1. The molecule has 0 aromatic heterocycles. The Bertz CT molecular complexity index is 810. The Balaban J connectivity index is 2.01. The van der Waals surface area contributed by atoms with Gasteiger partial charge >= 0.3 is 14.4 Å². The summed E-state index contributed by atoms with van der Waals surface area (Å²) < 4.78 is 3.99. The number of hydrogen-bond acceptors (Lipinski definition) is 1. The van der Waals surface area contributed by atoms with Gasteiger partial charge in [-0.25, -0.2) is 0 Å². The standard InChI is InChI=1S/C18H15NP.C4H11Si.CH3.Al/c19-17-13-7-8-14-18(17)20(15-9-3-1-4-10-15)16-11-5-2-6-12-16;1-5(2,3)4;;/h1-14,19H;1H2,2-4H3;1H3;/q-1;;;+1/p+1. The first-order chi connectivity index (χ1) is 12.9. The molecule has 0 aliphatic rings. The van der Waals surface area contributed by atoms with Crippen LogP contribution in [0.4, 0.5) is 5.69 Å². The Morgan fingerprint density at radius 1 is 0.741 bits per heavy atom. The van der Waals surface area contributed by atoms with Crippen LogP contribution in [0.1, 0.15) is 0 Å². The molecule has 1 nitrogen and oxygen atoms in total. The summed E-state index contributed by atoms with van der Waals surface area (Å²) in [7, 11) is -2.06. The van der Waals surface area contributed by atoms with Gasteiger partial charge in [0.2, 0.25) is 0 Å². The predicted octanol–water partition coefficient (Wildman–Crippen LogP) is 5.09. The molecule has 0 aliphatic carbocycles. The molecule has 3 rings (SSSR count). The van der Waals surface area contributed by atoms with Crippen molar-refractivity contribution in [2.24, 2.45) is 0 Å². The summed E-state index contributed by atoms with van der Waals surface area (Å²) in [5, 5.41) is 4.37. The monoisotopic (exact) mass is 406 g/mol. The highest BCUT2D eigenvalue weighted by Gasteiger charge is 2.30. The Morgan fingerprint density at radius 3 is 1.74 bits per heavy atom. The van der Waals surface area contributed by atoms with Gasteiger partial charge in [-0.1, -0.05) is 78.9 Å². The maximum Gasteiger partial charge on any atom is 0.405 e. The van der Waals surface area contributed by atoms with Crippen LogP contribution in [0.15, 0.2) is 84.9 Å². The van der Waals surface area contributed by atoms with Crippen molar-refractivity contribution in [2.75, 3.05) is 4.30 Å². The fourth-order valence-electron chi connectivity index (χ4n) is 3.75. The van der Waals surface area contributed by atoms with Gasteiger partial charge in [0.1, 0.15) is 23.8 Å². The second kappa shape index (κ2) is 9.22. The number of hydrogen-bond donors (Lipinski definition) is 1. The third-order valence-corrected chi connectivity index (χ3v) is 15.6. The molecular formula is C23H30AlNPSi+. The van der Waals surface area contributed by atoms with E-state index in [0.29, 0.717) is 0 Å². The molecule has 1 N–H and O–H groups in total. The molecule has 138 valence electrons. The first kappa shape index (κ1) is 20.4. The van der Waals surface area contributed by atoms with Crippen molar-refractivity contribution < 1.29 is 0 Å². The third-order valence-electron chi connectivity index (χ3n) is 4.64.